The number of aryl methyl sites for hydroxylation is 1. The number of aromatic nitrogens is 1. The van der Waals surface area contributed by atoms with Gasteiger partial charge < -0.3 is 10.6 Å². The van der Waals surface area contributed by atoms with E-state index in [1.54, 1.807) is 11.3 Å². The van der Waals surface area contributed by atoms with Gasteiger partial charge in [-0.3, -0.25) is 0 Å². The third kappa shape index (κ3) is 4.51. The fourth-order valence-corrected chi connectivity index (χ4v) is 4.33. The zero-order valence-electron chi connectivity index (χ0n) is 14.2. The summed E-state index contributed by atoms with van der Waals surface area (Å²) in [7, 11) is 2.21. The Morgan fingerprint density at radius 1 is 1.38 bits per heavy atom. The summed E-state index contributed by atoms with van der Waals surface area (Å²) in [6.45, 7) is 11.3. The van der Waals surface area contributed by atoms with Crippen molar-refractivity contribution in [3.05, 3.63) is 16.1 Å². The fourth-order valence-electron chi connectivity index (χ4n) is 3.47. The molecule has 120 valence electrons. The predicted octanol–water partition coefficient (Wildman–Crippen LogP) is 3.67. The molecule has 0 amide bonds. The SMILES string of the molecule is Cc1ncsc1CN(C)CC1CC(C(C)(C)C)CCC1N. The molecule has 1 fully saturated rings. The molecule has 0 bridgehead atoms. The van der Waals surface area contributed by atoms with Crippen LogP contribution in [0.25, 0.3) is 0 Å². The van der Waals surface area contributed by atoms with Crippen LogP contribution in [0.1, 0.15) is 50.6 Å². The van der Waals surface area contributed by atoms with E-state index in [1.165, 1.54) is 29.8 Å². The second kappa shape index (κ2) is 6.76. The van der Waals surface area contributed by atoms with E-state index in [9.17, 15) is 0 Å². The van der Waals surface area contributed by atoms with Crippen molar-refractivity contribution in [2.45, 2.75) is 59.5 Å². The van der Waals surface area contributed by atoms with E-state index < -0.39 is 0 Å². The summed E-state index contributed by atoms with van der Waals surface area (Å²) in [6.07, 6.45) is 3.75. The van der Waals surface area contributed by atoms with Gasteiger partial charge in [-0.05, 0) is 50.5 Å². The number of nitrogens with two attached hydrogens (primary N) is 1. The van der Waals surface area contributed by atoms with Crippen molar-refractivity contribution in [2.24, 2.45) is 23.0 Å². The van der Waals surface area contributed by atoms with Crippen molar-refractivity contribution in [2.75, 3.05) is 13.6 Å². The molecule has 0 spiro atoms. The van der Waals surface area contributed by atoms with E-state index >= 15 is 0 Å². The molecule has 0 aliphatic heterocycles. The summed E-state index contributed by atoms with van der Waals surface area (Å²) >= 11 is 1.76. The van der Waals surface area contributed by atoms with E-state index in [4.69, 9.17) is 5.73 Å². The molecule has 1 heterocycles. The Hall–Kier alpha value is -0.450. The summed E-state index contributed by atoms with van der Waals surface area (Å²) in [5.41, 5.74) is 9.93. The first-order valence-corrected chi connectivity index (χ1v) is 8.98. The lowest BCUT2D eigenvalue weighted by Crippen LogP contribution is -2.44. The molecule has 0 aromatic carbocycles. The summed E-state index contributed by atoms with van der Waals surface area (Å²) in [4.78, 5) is 8.15. The highest BCUT2D eigenvalue weighted by Crippen LogP contribution is 2.40. The van der Waals surface area contributed by atoms with Crippen molar-refractivity contribution in [1.82, 2.24) is 9.88 Å². The van der Waals surface area contributed by atoms with Gasteiger partial charge in [0.2, 0.25) is 0 Å². The van der Waals surface area contributed by atoms with Gasteiger partial charge in [-0.1, -0.05) is 20.8 Å². The number of thiazole rings is 1. The molecule has 2 rings (SSSR count). The average molecular weight is 310 g/mol. The van der Waals surface area contributed by atoms with E-state index in [0.29, 0.717) is 17.4 Å². The Bertz CT molecular complexity index is 449. The van der Waals surface area contributed by atoms with E-state index in [0.717, 1.165) is 19.0 Å². The van der Waals surface area contributed by atoms with Gasteiger partial charge in [0, 0.05) is 24.0 Å². The third-order valence-corrected chi connectivity index (χ3v) is 5.99. The fraction of sp³-hybridized carbons (Fsp3) is 0.824. The predicted molar refractivity (Wildman–Crippen MR) is 91.4 cm³/mol. The normalized spacial score (nSPS) is 27.3. The number of hydrogen-bond donors (Lipinski definition) is 1. The minimum absolute atomic E-state index is 0.369. The minimum Gasteiger partial charge on any atom is -0.327 e. The maximum Gasteiger partial charge on any atom is 0.0798 e. The average Bonchev–Trinajstić information content (AvgIpc) is 2.76. The summed E-state index contributed by atoms with van der Waals surface area (Å²) in [6, 6.07) is 0.369. The Kier molecular flexibility index (Phi) is 5.44. The number of rotatable bonds is 4. The van der Waals surface area contributed by atoms with E-state index in [1.807, 2.05) is 5.51 Å². The molecule has 0 saturated heterocycles. The molecular formula is C17H31N3S. The molecule has 1 aliphatic rings. The third-order valence-electron chi connectivity index (χ3n) is 5.07. The van der Waals surface area contributed by atoms with Gasteiger partial charge in [0.15, 0.2) is 0 Å². The molecule has 3 atom stereocenters. The maximum atomic E-state index is 6.40. The van der Waals surface area contributed by atoms with Crippen LogP contribution in [0.4, 0.5) is 0 Å². The molecule has 21 heavy (non-hydrogen) atoms. The topological polar surface area (TPSA) is 42.2 Å². The van der Waals surface area contributed by atoms with Gasteiger partial charge >= 0.3 is 0 Å². The Labute approximate surface area is 133 Å². The zero-order chi connectivity index (χ0) is 15.6. The summed E-state index contributed by atoms with van der Waals surface area (Å²) < 4.78 is 0. The van der Waals surface area contributed by atoms with Gasteiger partial charge in [0.1, 0.15) is 0 Å². The first-order chi connectivity index (χ1) is 9.77. The molecule has 4 heteroatoms. The van der Waals surface area contributed by atoms with Gasteiger partial charge in [-0.15, -0.1) is 11.3 Å². The lowest BCUT2D eigenvalue weighted by atomic mass is 9.67. The second-order valence-corrected chi connectivity index (χ2v) is 8.80. The van der Waals surface area contributed by atoms with Crippen LogP contribution in [0.5, 0.6) is 0 Å². The molecule has 2 N–H and O–H groups in total. The largest absolute Gasteiger partial charge is 0.327 e. The van der Waals surface area contributed by atoms with Gasteiger partial charge in [0.25, 0.3) is 0 Å². The highest BCUT2D eigenvalue weighted by atomic mass is 32.1. The number of nitrogens with zero attached hydrogens (tertiary/aromatic N) is 2. The second-order valence-electron chi connectivity index (χ2n) is 7.86. The Morgan fingerprint density at radius 2 is 2.10 bits per heavy atom. The lowest BCUT2D eigenvalue weighted by molar-refractivity contribution is 0.104. The lowest BCUT2D eigenvalue weighted by Gasteiger charge is -2.41. The Morgan fingerprint density at radius 3 is 2.67 bits per heavy atom. The van der Waals surface area contributed by atoms with E-state index in [2.05, 4.69) is 44.6 Å². The minimum atomic E-state index is 0.369. The van der Waals surface area contributed by atoms with Crippen molar-refractivity contribution < 1.29 is 0 Å². The van der Waals surface area contributed by atoms with E-state index in [-0.39, 0.29) is 0 Å². The molecule has 1 saturated carbocycles. The summed E-state index contributed by atoms with van der Waals surface area (Å²) in [5.74, 6) is 1.43. The van der Waals surface area contributed by atoms with Gasteiger partial charge in [0.05, 0.1) is 11.2 Å². The molecule has 3 unspecified atom stereocenters. The van der Waals surface area contributed by atoms with Crippen LogP contribution in [0, 0.1) is 24.2 Å². The molecule has 1 aromatic heterocycles. The zero-order valence-corrected chi connectivity index (χ0v) is 15.0. The molecule has 3 nitrogen and oxygen atoms in total. The van der Waals surface area contributed by atoms with Gasteiger partial charge in [-0.25, -0.2) is 4.98 Å². The van der Waals surface area contributed by atoms with Crippen molar-refractivity contribution in [1.29, 1.82) is 0 Å². The molecular weight excluding hydrogens is 278 g/mol. The number of hydrogen-bond acceptors (Lipinski definition) is 4. The quantitative estimate of drug-likeness (QED) is 0.922. The smallest absolute Gasteiger partial charge is 0.0798 e. The van der Waals surface area contributed by atoms with Crippen LogP contribution in [-0.2, 0) is 6.54 Å². The van der Waals surface area contributed by atoms with Crippen molar-refractivity contribution >= 4 is 11.3 Å². The molecule has 0 radical (unpaired) electrons. The van der Waals surface area contributed by atoms with Crippen LogP contribution in [0.2, 0.25) is 0 Å². The van der Waals surface area contributed by atoms with Crippen molar-refractivity contribution in [3.8, 4) is 0 Å². The van der Waals surface area contributed by atoms with Crippen LogP contribution in [0.15, 0.2) is 5.51 Å². The highest BCUT2D eigenvalue weighted by Gasteiger charge is 2.34. The van der Waals surface area contributed by atoms with Crippen LogP contribution in [-0.4, -0.2) is 29.5 Å². The summed E-state index contributed by atoms with van der Waals surface area (Å²) in [5, 5.41) is 0. The Balaban J connectivity index is 1.92. The van der Waals surface area contributed by atoms with Crippen molar-refractivity contribution in [3.63, 3.8) is 0 Å². The van der Waals surface area contributed by atoms with Crippen LogP contribution < -0.4 is 5.73 Å². The van der Waals surface area contributed by atoms with Gasteiger partial charge in [-0.2, -0.15) is 0 Å². The molecule has 1 aromatic rings. The maximum absolute atomic E-state index is 6.40. The standard InChI is InChI=1S/C17H31N3S/c1-12-16(21-11-19-12)10-20(5)9-13-8-14(17(2,3)4)6-7-15(13)18/h11,13-15H,6-10,18H2,1-5H3. The monoisotopic (exact) mass is 309 g/mol. The first kappa shape index (κ1) is 16.9. The molecule has 1 aliphatic carbocycles. The van der Waals surface area contributed by atoms with Crippen LogP contribution in [0.3, 0.4) is 0 Å². The van der Waals surface area contributed by atoms with Crippen LogP contribution >= 0.6 is 11.3 Å². The highest BCUT2D eigenvalue weighted by molar-refractivity contribution is 7.09. The first-order valence-electron chi connectivity index (χ1n) is 8.10.